The number of nitrogens with zero attached hydrogens (tertiary/aromatic N) is 3. The number of halogens is 2. The van der Waals surface area contributed by atoms with Crippen molar-refractivity contribution < 1.29 is 13.1 Å². The number of carbonyl (C=O) groups is 1. The maximum Gasteiger partial charge on any atom is 0.171 e. The summed E-state index contributed by atoms with van der Waals surface area (Å²) in [7, 11) is 0. The second-order valence-corrected chi connectivity index (χ2v) is 5.16. The van der Waals surface area contributed by atoms with Crippen LogP contribution in [0.15, 0.2) is 30.6 Å². The lowest BCUT2D eigenvalue weighted by Gasteiger charge is -2.07. The fourth-order valence-electron chi connectivity index (χ4n) is 2.14. The van der Waals surface area contributed by atoms with Crippen molar-refractivity contribution in [3.63, 3.8) is 0 Å². The van der Waals surface area contributed by atoms with Crippen LogP contribution >= 0.6 is 12.3 Å². The Labute approximate surface area is 133 Å². The maximum atomic E-state index is 13.1. The molecule has 0 saturated heterocycles. The maximum absolute atomic E-state index is 13.1. The zero-order valence-corrected chi connectivity index (χ0v) is 12.3. The zero-order valence-electron chi connectivity index (χ0n) is 11.5. The standard InChI is InChI=1S/C14H9F2N5OS/c15-8-1-2-9(10(17)3-8)12(18)11-4-19-14-13(20-11)7(6-22)5-21(14)23-16/h1-6,18H,17H2. The van der Waals surface area contributed by atoms with Crippen molar-refractivity contribution in [2.45, 2.75) is 0 Å². The largest absolute Gasteiger partial charge is 0.398 e. The number of carbonyl (C=O) groups excluding carboxylic acids is 1. The molecule has 0 saturated carbocycles. The highest BCUT2D eigenvalue weighted by Gasteiger charge is 2.16. The Morgan fingerprint density at radius 1 is 1.43 bits per heavy atom. The number of aromatic nitrogens is 3. The molecule has 3 aromatic rings. The van der Waals surface area contributed by atoms with E-state index in [9.17, 15) is 13.1 Å². The van der Waals surface area contributed by atoms with Crippen molar-refractivity contribution in [3.8, 4) is 0 Å². The number of fused-ring (bicyclic) bond motifs is 1. The van der Waals surface area contributed by atoms with Crippen LogP contribution in [0.25, 0.3) is 11.2 Å². The van der Waals surface area contributed by atoms with Gasteiger partial charge in [-0.3, -0.25) is 10.2 Å². The van der Waals surface area contributed by atoms with Crippen molar-refractivity contribution in [3.05, 3.63) is 53.2 Å². The minimum absolute atomic E-state index is 0.0746. The van der Waals surface area contributed by atoms with Crippen molar-refractivity contribution in [2.75, 3.05) is 5.73 Å². The Bertz CT molecular complexity index is 940. The highest BCUT2D eigenvalue weighted by atomic mass is 32.2. The van der Waals surface area contributed by atoms with Crippen LogP contribution in [0.4, 0.5) is 14.0 Å². The topological polar surface area (TPSA) is 97.6 Å². The third-order valence-electron chi connectivity index (χ3n) is 3.23. The molecular formula is C14H9F2N5OS. The average Bonchev–Trinajstić information content (AvgIpc) is 2.91. The van der Waals surface area contributed by atoms with Gasteiger partial charge >= 0.3 is 0 Å². The Hall–Kier alpha value is -2.81. The Kier molecular flexibility index (Phi) is 3.78. The van der Waals surface area contributed by atoms with E-state index in [0.29, 0.717) is 6.29 Å². The van der Waals surface area contributed by atoms with Crippen LogP contribution < -0.4 is 5.73 Å². The number of nitrogens with two attached hydrogens (primary N) is 1. The van der Waals surface area contributed by atoms with Gasteiger partial charge in [0.25, 0.3) is 0 Å². The van der Waals surface area contributed by atoms with Gasteiger partial charge in [0.15, 0.2) is 24.3 Å². The molecule has 2 heterocycles. The van der Waals surface area contributed by atoms with E-state index in [0.717, 1.165) is 10.0 Å². The fourth-order valence-corrected chi connectivity index (χ4v) is 2.50. The van der Waals surface area contributed by atoms with Gasteiger partial charge in [-0.2, -0.15) is 0 Å². The van der Waals surface area contributed by atoms with E-state index in [-0.39, 0.29) is 51.7 Å². The van der Waals surface area contributed by atoms with Gasteiger partial charge in [-0.05, 0) is 18.2 Å². The smallest absolute Gasteiger partial charge is 0.171 e. The summed E-state index contributed by atoms with van der Waals surface area (Å²) in [6.07, 6.45) is 3.07. The molecule has 9 heteroatoms. The molecule has 6 nitrogen and oxygen atoms in total. The minimum atomic E-state index is -0.513. The lowest BCUT2D eigenvalue weighted by molar-refractivity contribution is 0.112. The number of aldehydes is 1. The quantitative estimate of drug-likeness (QED) is 0.435. The average molecular weight is 333 g/mol. The molecule has 0 unspecified atom stereocenters. The molecule has 0 bridgehead atoms. The van der Waals surface area contributed by atoms with Gasteiger partial charge in [-0.1, -0.05) is 0 Å². The van der Waals surface area contributed by atoms with E-state index in [1.54, 1.807) is 0 Å². The lowest BCUT2D eigenvalue weighted by atomic mass is 10.1. The molecule has 116 valence electrons. The molecule has 2 aromatic heterocycles. The fraction of sp³-hybridized carbons (Fsp3) is 0. The third-order valence-corrected chi connectivity index (χ3v) is 3.66. The summed E-state index contributed by atoms with van der Waals surface area (Å²) in [4.78, 5) is 19.3. The van der Waals surface area contributed by atoms with Crippen LogP contribution in [0.2, 0.25) is 0 Å². The second-order valence-electron chi connectivity index (χ2n) is 4.63. The molecule has 0 aliphatic heterocycles. The molecule has 0 amide bonds. The van der Waals surface area contributed by atoms with E-state index in [2.05, 4.69) is 9.97 Å². The van der Waals surface area contributed by atoms with Crippen molar-refractivity contribution in [2.24, 2.45) is 0 Å². The minimum Gasteiger partial charge on any atom is -0.398 e. The summed E-state index contributed by atoms with van der Waals surface area (Å²) in [6, 6.07) is 3.64. The first-order chi connectivity index (χ1) is 11.0. The van der Waals surface area contributed by atoms with Gasteiger partial charge in [0.05, 0.1) is 17.5 Å². The molecule has 1 aromatic carbocycles. The van der Waals surface area contributed by atoms with Crippen LogP contribution in [-0.2, 0) is 0 Å². The highest BCUT2D eigenvalue weighted by molar-refractivity contribution is 7.92. The van der Waals surface area contributed by atoms with Gasteiger partial charge < -0.3 is 5.73 Å². The van der Waals surface area contributed by atoms with E-state index >= 15 is 0 Å². The normalized spacial score (nSPS) is 10.9. The number of nitrogen functional groups attached to an aromatic ring is 1. The van der Waals surface area contributed by atoms with Gasteiger partial charge in [0.2, 0.25) is 0 Å². The van der Waals surface area contributed by atoms with E-state index in [1.807, 2.05) is 0 Å². The first kappa shape index (κ1) is 15.1. The van der Waals surface area contributed by atoms with Crippen LogP contribution in [0.1, 0.15) is 21.6 Å². The van der Waals surface area contributed by atoms with Crippen molar-refractivity contribution >= 4 is 41.2 Å². The Morgan fingerprint density at radius 3 is 2.87 bits per heavy atom. The van der Waals surface area contributed by atoms with E-state index in [1.165, 1.54) is 24.5 Å². The Morgan fingerprint density at radius 2 is 2.22 bits per heavy atom. The zero-order chi connectivity index (χ0) is 16.6. The number of rotatable bonds is 4. The highest BCUT2D eigenvalue weighted by Crippen LogP contribution is 2.23. The lowest BCUT2D eigenvalue weighted by Crippen LogP contribution is -2.08. The van der Waals surface area contributed by atoms with Crippen LogP contribution in [0.3, 0.4) is 0 Å². The molecule has 0 spiro atoms. The van der Waals surface area contributed by atoms with Gasteiger partial charge in [-0.15, -0.1) is 3.89 Å². The van der Waals surface area contributed by atoms with Crippen LogP contribution in [-0.4, -0.2) is 25.9 Å². The number of hydrogen-bond acceptors (Lipinski definition) is 6. The van der Waals surface area contributed by atoms with Gasteiger partial charge in [-0.25, -0.2) is 18.3 Å². The monoisotopic (exact) mass is 333 g/mol. The molecule has 23 heavy (non-hydrogen) atoms. The molecule has 0 aliphatic carbocycles. The molecule has 0 atom stereocenters. The molecule has 3 rings (SSSR count). The summed E-state index contributed by atoms with van der Waals surface area (Å²) in [5, 5.41) is 8.16. The molecule has 0 fully saturated rings. The second kappa shape index (κ2) is 5.76. The van der Waals surface area contributed by atoms with E-state index in [4.69, 9.17) is 11.1 Å². The first-order valence-corrected chi connectivity index (χ1v) is 6.99. The first-order valence-electron chi connectivity index (χ1n) is 6.32. The summed E-state index contributed by atoms with van der Waals surface area (Å²) in [5.74, 6) is -0.513. The molecule has 3 N–H and O–H groups in total. The van der Waals surface area contributed by atoms with Crippen molar-refractivity contribution in [1.82, 2.24) is 13.9 Å². The van der Waals surface area contributed by atoms with Gasteiger partial charge in [0, 0.05) is 17.4 Å². The SMILES string of the molecule is N=C(c1cnc2c(n1)c(C=O)cn2SF)c1ccc(F)cc1N. The summed E-state index contributed by atoms with van der Waals surface area (Å²) in [5.41, 5.74) is 6.64. The third kappa shape index (κ3) is 2.55. The summed E-state index contributed by atoms with van der Waals surface area (Å²) >= 11 is -0.111. The number of hydrogen-bond donors (Lipinski definition) is 2. The number of benzene rings is 1. The van der Waals surface area contributed by atoms with Crippen LogP contribution in [0.5, 0.6) is 0 Å². The number of anilines is 1. The predicted molar refractivity (Wildman–Crippen MR) is 83.8 cm³/mol. The summed E-state index contributed by atoms with van der Waals surface area (Å²) < 4.78 is 27.0. The van der Waals surface area contributed by atoms with Gasteiger partial charge in [0.1, 0.15) is 17.0 Å². The molecule has 0 aliphatic rings. The van der Waals surface area contributed by atoms with Crippen LogP contribution in [0, 0.1) is 11.2 Å². The molecule has 0 radical (unpaired) electrons. The predicted octanol–water partition coefficient (Wildman–Crippen LogP) is 2.76. The molecular weight excluding hydrogens is 324 g/mol. The van der Waals surface area contributed by atoms with E-state index < -0.39 is 5.82 Å². The Balaban J connectivity index is 2.13. The summed E-state index contributed by atoms with van der Waals surface area (Å²) in [6.45, 7) is 0. The number of nitrogens with one attached hydrogen (secondary N) is 1. The van der Waals surface area contributed by atoms with Crippen molar-refractivity contribution in [1.29, 1.82) is 5.41 Å².